The molecule has 3 unspecified atom stereocenters. The number of hydrogen-bond acceptors (Lipinski definition) is 2. The minimum absolute atomic E-state index is 0.401. The molecule has 0 bridgehead atoms. The van der Waals surface area contributed by atoms with Gasteiger partial charge in [-0.1, -0.05) is 33.1 Å². The van der Waals surface area contributed by atoms with E-state index >= 15 is 0 Å². The lowest BCUT2D eigenvalue weighted by Crippen LogP contribution is -2.48. The van der Waals surface area contributed by atoms with E-state index in [1.54, 1.807) is 0 Å². The Morgan fingerprint density at radius 1 is 1.36 bits per heavy atom. The number of nitrogens with two attached hydrogens (primary N) is 1. The monoisotopic (exact) mass is 198 g/mol. The van der Waals surface area contributed by atoms with E-state index in [2.05, 4.69) is 19.2 Å². The van der Waals surface area contributed by atoms with Crippen molar-refractivity contribution in [2.45, 2.75) is 64.5 Å². The highest BCUT2D eigenvalue weighted by atomic mass is 15.0. The molecule has 1 aliphatic rings. The second-order valence-electron chi connectivity index (χ2n) is 4.86. The Bertz CT molecular complexity index is 147. The molecule has 0 spiro atoms. The standard InChI is InChI=1S/C12H26N2/c1-3-6-10(2)9-14-12-8-5-4-7-11(12)13/h10-12,14H,3-9,13H2,1-2H3. The second kappa shape index (κ2) is 6.41. The Hall–Kier alpha value is -0.0800. The first-order valence-electron chi connectivity index (χ1n) is 6.23. The van der Waals surface area contributed by atoms with E-state index in [1.807, 2.05) is 0 Å². The van der Waals surface area contributed by atoms with Gasteiger partial charge in [-0.05, 0) is 31.7 Å². The Morgan fingerprint density at radius 3 is 2.71 bits per heavy atom. The Labute approximate surface area is 88.6 Å². The SMILES string of the molecule is CCCC(C)CNC1CCCCC1N. The molecule has 1 aliphatic carbocycles. The second-order valence-corrected chi connectivity index (χ2v) is 4.86. The van der Waals surface area contributed by atoms with Crippen LogP contribution in [0.1, 0.15) is 52.4 Å². The Balaban J connectivity index is 2.15. The van der Waals surface area contributed by atoms with Crippen LogP contribution in [0.2, 0.25) is 0 Å². The van der Waals surface area contributed by atoms with Gasteiger partial charge in [-0.25, -0.2) is 0 Å². The van der Waals surface area contributed by atoms with Gasteiger partial charge in [0.2, 0.25) is 0 Å². The molecule has 14 heavy (non-hydrogen) atoms. The molecule has 0 radical (unpaired) electrons. The molecule has 1 fully saturated rings. The summed E-state index contributed by atoms with van der Waals surface area (Å²) < 4.78 is 0. The van der Waals surface area contributed by atoms with Gasteiger partial charge < -0.3 is 11.1 Å². The molecule has 0 amide bonds. The van der Waals surface area contributed by atoms with Gasteiger partial charge in [0.15, 0.2) is 0 Å². The van der Waals surface area contributed by atoms with Gasteiger partial charge in [-0.15, -0.1) is 0 Å². The van der Waals surface area contributed by atoms with Crippen LogP contribution >= 0.6 is 0 Å². The summed E-state index contributed by atoms with van der Waals surface area (Å²) in [6, 6.07) is 0.987. The summed E-state index contributed by atoms with van der Waals surface area (Å²) in [5.74, 6) is 0.800. The molecule has 84 valence electrons. The van der Waals surface area contributed by atoms with Gasteiger partial charge in [-0.2, -0.15) is 0 Å². The van der Waals surface area contributed by atoms with Gasteiger partial charge in [0, 0.05) is 12.1 Å². The number of rotatable bonds is 5. The predicted octanol–water partition coefficient (Wildman–Crippen LogP) is 2.28. The molecule has 2 heteroatoms. The highest BCUT2D eigenvalue weighted by molar-refractivity contribution is 4.83. The number of hydrogen-bond donors (Lipinski definition) is 2. The van der Waals surface area contributed by atoms with Crippen molar-refractivity contribution in [3.63, 3.8) is 0 Å². The molecule has 3 N–H and O–H groups in total. The lowest BCUT2D eigenvalue weighted by atomic mass is 9.90. The molecule has 0 heterocycles. The van der Waals surface area contributed by atoms with E-state index in [1.165, 1.54) is 38.5 Å². The average molecular weight is 198 g/mol. The smallest absolute Gasteiger partial charge is 0.0219 e. The van der Waals surface area contributed by atoms with Crippen LogP contribution in [0, 0.1) is 5.92 Å². The van der Waals surface area contributed by atoms with Crippen LogP contribution in [0.3, 0.4) is 0 Å². The Kier molecular flexibility index (Phi) is 5.49. The number of nitrogens with one attached hydrogen (secondary N) is 1. The fraction of sp³-hybridized carbons (Fsp3) is 1.00. The van der Waals surface area contributed by atoms with Crippen molar-refractivity contribution in [1.82, 2.24) is 5.32 Å². The molecule has 0 saturated heterocycles. The van der Waals surface area contributed by atoms with E-state index < -0.39 is 0 Å². The van der Waals surface area contributed by atoms with Crippen molar-refractivity contribution >= 4 is 0 Å². The molecule has 0 aromatic rings. The summed E-state index contributed by atoms with van der Waals surface area (Å²) in [4.78, 5) is 0. The van der Waals surface area contributed by atoms with Gasteiger partial charge in [0.05, 0.1) is 0 Å². The van der Waals surface area contributed by atoms with Gasteiger partial charge in [0.1, 0.15) is 0 Å². The summed E-state index contributed by atoms with van der Waals surface area (Å²) in [5, 5.41) is 3.63. The van der Waals surface area contributed by atoms with Gasteiger partial charge >= 0.3 is 0 Å². The topological polar surface area (TPSA) is 38.0 Å². The minimum atomic E-state index is 0.401. The third-order valence-electron chi connectivity index (χ3n) is 3.33. The summed E-state index contributed by atoms with van der Waals surface area (Å²) in [6.07, 6.45) is 7.78. The van der Waals surface area contributed by atoms with Crippen molar-refractivity contribution < 1.29 is 0 Å². The summed E-state index contributed by atoms with van der Waals surface area (Å²) in [7, 11) is 0. The molecule has 1 saturated carbocycles. The average Bonchev–Trinajstić information content (AvgIpc) is 2.17. The van der Waals surface area contributed by atoms with E-state index in [4.69, 9.17) is 5.73 Å². The molecule has 0 aromatic carbocycles. The van der Waals surface area contributed by atoms with Crippen LogP contribution in [-0.4, -0.2) is 18.6 Å². The first-order chi connectivity index (χ1) is 6.74. The van der Waals surface area contributed by atoms with Crippen LogP contribution in [0.4, 0.5) is 0 Å². The van der Waals surface area contributed by atoms with Crippen LogP contribution < -0.4 is 11.1 Å². The van der Waals surface area contributed by atoms with E-state index in [0.29, 0.717) is 12.1 Å². The van der Waals surface area contributed by atoms with E-state index in [9.17, 15) is 0 Å². The Morgan fingerprint density at radius 2 is 2.07 bits per heavy atom. The molecule has 0 aromatic heterocycles. The van der Waals surface area contributed by atoms with E-state index in [-0.39, 0.29) is 0 Å². The fourth-order valence-corrected chi connectivity index (χ4v) is 2.36. The molecular formula is C12H26N2. The maximum absolute atomic E-state index is 6.08. The molecule has 1 rings (SSSR count). The van der Waals surface area contributed by atoms with Crippen molar-refractivity contribution in [2.24, 2.45) is 11.7 Å². The maximum Gasteiger partial charge on any atom is 0.0219 e. The first kappa shape index (κ1) is 12.0. The normalized spacial score (nSPS) is 30.2. The lowest BCUT2D eigenvalue weighted by Gasteiger charge is -2.30. The fourth-order valence-electron chi connectivity index (χ4n) is 2.36. The zero-order valence-electron chi connectivity index (χ0n) is 9.76. The lowest BCUT2D eigenvalue weighted by molar-refractivity contribution is 0.310. The van der Waals surface area contributed by atoms with Crippen LogP contribution in [0.5, 0.6) is 0 Å². The highest BCUT2D eigenvalue weighted by Gasteiger charge is 2.21. The van der Waals surface area contributed by atoms with Crippen LogP contribution in [0.25, 0.3) is 0 Å². The quantitative estimate of drug-likeness (QED) is 0.711. The predicted molar refractivity (Wildman–Crippen MR) is 62.3 cm³/mol. The van der Waals surface area contributed by atoms with Crippen LogP contribution in [0.15, 0.2) is 0 Å². The summed E-state index contributed by atoms with van der Waals surface area (Å²) in [6.45, 7) is 5.72. The highest BCUT2D eigenvalue weighted by Crippen LogP contribution is 2.17. The molecule has 3 atom stereocenters. The largest absolute Gasteiger partial charge is 0.326 e. The van der Waals surface area contributed by atoms with Crippen molar-refractivity contribution in [3.05, 3.63) is 0 Å². The molecule has 0 aliphatic heterocycles. The zero-order valence-corrected chi connectivity index (χ0v) is 9.76. The van der Waals surface area contributed by atoms with Gasteiger partial charge in [0.25, 0.3) is 0 Å². The van der Waals surface area contributed by atoms with Crippen LogP contribution in [-0.2, 0) is 0 Å². The first-order valence-corrected chi connectivity index (χ1v) is 6.23. The minimum Gasteiger partial charge on any atom is -0.326 e. The summed E-state index contributed by atoms with van der Waals surface area (Å²) in [5.41, 5.74) is 6.08. The molecular weight excluding hydrogens is 172 g/mol. The zero-order chi connectivity index (χ0) is 10.4. The maximum atomic E-state index is 6.08. The van der Waals surface area contributed by atoms with Crippen molar-refractivity contribution in [2.75, 3.05) is 6.54 Å². The third-order valence-corrected chi connectivity index (χ3v) is 3.33. The van der Waals surface area contributed by atoms with Crippen molar-refractivity contribution in [1.29, 1.82) is 0 Å². The van der Waals surface area contributed by atoms with Crippen molar-refractivity contribution in [3.8, 4) is 0 Å². The van der Waals surface area contributed by atoms with E-state index in [0.717, 1.165) is 12.5 Å². The third kappa shape index (κ3) is 3.97. The summed E-state index contributed by atoms with van der Waals surface area (Å²) >= 11 is 0. The molecule has 2 nitrogen and oxygen atoms in total. The van der Waals surface area contributed by atoms with Gasteiger partial charge in [-0.3, -0.25) is 0 Å².